The van der Waals surface area contributed by atoms with E-state index in [9.17, 15) is 0 Å². The second kappa shape index (κ2) is 8.02. The molecule has 6 heteroatoms. The molecule has 0 N–H and O–H groups in total. The van der Waals surface area contributed by atoms with Gasteiger partial charge in [0.1, 0.15) is 0 Å². The highest BCUT2D eigenvalue weighted by Gasteiger charge is 2.51. The lowest BCUT2D eigenvalue weighted by molar-refractivity contribution is 0.590. The van der Waals surface area contributed by atoms with Crippen molar-refractivity contribution < 1.29 is 9.13 Å². The molecule has 2 aromatic carbocycles. The third kappa shape index (κ3) is 3.00. The average molecular weight is 478 g/mol. The van der Waals surface area contributed by atoms with Gasteiger partial charge in [-0.1, -0.05) is 72.8 Å². The minimum Gasteiger partial charge on any atom is -0.309 e. The highest BCUT2D eigenvalue weighted by molar-refractivity contribution is 7.91. The predicted molar refractivity (Wildman–Crippen MR) is 139 cm³/mol. The molecule has 4 nitrogen and oxygen atoms in total. The van der Waals surface area contributed by atoms with E-state index in [4.69, 9.17) is 0 Å². The van der Waals surface area contributed by atoms with Gasteiger partial charge in [0.15, 0.2) is 14.3 Å². The average Bonchev–Trinajstić information content (AvgIpc) is 3.39. The number of aromatic nitrogens is 2. The molecule has 0 spiro atoms. The van der Waals surface area contributed by atoms with Crippen LogP contribution in [0, 0.1) is 0 Å². The van der Waals surface area contributed by atoms with Crippen molar-refractivity contribution in [2.45, 2.75) is 0 Å². The Morgan fingerprint density at radius 3 is 1.26 bits per heavy atom. The zero-order chi connectivity index (χ0) is 23.2. The van der Waals surface area contributed by atoms with Crippen LogP contribution < -0.4 is 10.6 Å². The molecule has 2 aliphatic heterocycles. The van der Waals surface area contributed by atoms with Crippen molar-refractivity contribution in [3.8, 4) is 0 Å². The summed E-state index contributed by atoms with van der Waals surface area (Å²) in [5.74, 6) is 0. The molecular weight excluding hydrogens is 458 g/mol. The maximum atomic E-state index is 15.1. The summed E-state index contributed by atoms with van der Waals surface area (Å²) in [5.41, 5.74) is 1.56. The smallest absolute Gasteiger partial charge is 0.172 e. The molecule has 0 aliphatic carbocycles. The van der Waals surface area contributed by atoms with E-state index in [-0.39, 0.29) is 0 Å². The van der Waals surface area contributed by atoms with E-state index in [0.29, 0.717) is 21.3 Å². The largest absolute Gasteiger partial charge is 0.309 e. The number of rotatable bonds is 4. The number of hydrogen-bond donors (Lipinski definition) is 0. The Balaban J connectivity index is 1.67. The van der Waals surface area contributed by atoms with Crippen molar-refractivity contribution in [3.05, 3.63) is 144 Å². The monoisotopic (exact) mass is 478 g/mol. The molecule has 2 aliphatic rings. The molecule has 2 unspecified atom stereocenters. The third-order valence-corrected chi connectivity index (χ3v) is 12.8. The summed E-state index contributed by atoms with van der Waals surface area (Å²) in [5, 5.41) is 4.08. The lowest BCUT2D eigenvalue weighted by atomic mass is 10.2. The number of pyridine rings is 2. The summed E-state index contributed by atoms with van der Waals surface area (Å²) in [6.07, 6.45) is 10.6. The summed E-state index contributed by atoms with van der Waals surface area (Å²) in [6.45, 7) is 0. The molecule has 2 aromatic heterocycles. The quantitative estimate of drug-likeness (QED) is 0.315. The van der Waals surface area contributed by atoms with Crippen molar-refractivity contribution >= 4 is 35.5 Å². The summed E-state index contributed by atoms with van der Waals surface area (Å²) < 4.78 is 30.2. The van der Waals surface area contributed by atoms with Crippen LogP contribution in [0.1, 0.15) is 11.1 Å². The molecule has 4 aromatic rings. The Kier molecular flexibility index (Phi) is 4.95. The molecule has 4 heterocycles. The van der Waals surface area contributed by atoms with Gasteiger partial charge in [-0.25, -0.2) is 0 Å². The van der Waals surface area contributed by atoms with Crippen molar-refractivity contribution in [2.24, 2.45) is 0 Å². The summed E-state index contributed by atoms with van der Waals surface area (Å²) >= 11 is 0. The van der Waals surface area contributed by atoms with E-state index < -0.39 is 14.3 Å². The van der Waals surface area contributed by atoms with E-state index in [1.807, 2.05) is 97.1 Å². The maximum absolute atomic E-state index is 15.1. The van der Waals surface area contributed by atoms with Gasteiger partial charge in [0.05, 0.1) is 0 Å². The first kappa shape index (κ1) is 21.0. The first-order valence-electron chi connectivity index (χ1n) is 11.0. The molecule has 6 rings (SSSR count). The molecule has 164 valence electrons. The Bertz CT molecular complexity index is 1460. The number of hydrogen-bond acceptors (Lipinski definition) is 4. The van der Waals surface area contributed by atoms with E-state index in [1.54, 1.807) is 24.8 Å². The predicted octanol–water partition coefficient (Wildman–Crippen LogP) is 6.47. The fourth-order valence-corrected chi connectivity index (χ4v) is 11.6. The highest BCUT2D eigenvalue weighted by atomic mass is 31.2. The van der Waals surface area contributed by atoms with Crippen LogP contribution in [-0.2, 0) is 9.13 Å². The maximum Gasteiger partial charge on any atom is 0.172 e. The van der Waals surface area contributed by atoms with Crippen LogP contribution in [0.5, 0.6) is 0 Å². The number of allylic oxidation sites excluding steroid dienone is 4. The van der Waals surface area contributed by atoms with Gasteiger partial charge in [0, 0.05) is 67.8 Å². The molecule has 0 saturated heterocycles. The molecule has 34 heavy (non-hydrogen) atoms. The third-order valence-electron chi connectivity index (χ3n) is 6.32. The summed E-state index contributed by atoms with van der Waals surface area (Å²) in [6, 6.07) is 26.5. The van der Waals surface area contributed by atoms with Gasteiger partial charge in [-0.15, -0.1) is 0 Å². The number of benzene rings is 2. The van der Waals surface area contributed by atoms with E-state index >= 15 is 9.13 Å². The standard InChI is InChI=1S/C28H20N2O2P2/c31-33(23-11-3-1-4-12-23)25(21-9-7-15-29-19-21)17-28-27(33)18-26(22-10-8-16-30-20-22)34(28,32)24-13-5-2-6-14-24/h1-20H. The van der Waals surface area contributed by atoms with Gasteiger partial charge >= 0.3 is 0 Å². The molecule has 0 fully saturated rings. The fraction of sp³-hybridized carbons (Fsp3) is 0. The lowest BCUT2D eigenvalue weighted by Crippen LogP contribution is -2.05. The van der Waals surface area contributed by atoms with E-state index in [2.05, 4.69) is 9.97 Å². The van der Waals surface area contributed by atoms with Gasteiger partial charge in [-0.2, -0.15) is 0 Å². The van der Waals surface area contributed by atoms with Crippen molar-refractivity contribution in [2.75, 3.05) is 0 Å². The molecule has 0 bridgehead atoms. The zero-order valence-corrected chi connectivity index (χ0v) is 19.9. The van der Waals surface area contributed by atoms with Crippen LogP contribution in [0.15, 0.2) is 132 Å². The van der Waals surface area contributed by atoms with Crippen LogP contribution in [0.2, 0.25) is 0 Å². The van der Waals surface area contributed by atoms with E-state index in [1.165, 1.54) is 0 Å². The zero-order valence-electron chi connectivity index (χ0n) is 18.2. The van der Waals surface area contributed by atoms with Gasteiger partial charge in [-0.3, -0.25) is 9.97 Å². The van der Waals surface area contributed by atoms with Gasteiger partial charge < -0.3 is 9.13 Å². The Morgan fingerprint density at radius 1 is 0.500 bits per heavy atom. The topological polar surface area (TPSA) is 59.9 Å². The lowest BCUT2D eigenvalue weighted by Gasteiger charge is -2.20. The second-order valence-corrected chi connectivity index (χ2v) is 13.6. The van der Waals surface area contributed by atoms with Crippen LogP contribution in [0.4, 0.5) is 0 Å². The van der Waals surface area contributed by atoms with Gasteiger partial charge in [-0.05, 0) is 24.3 Å². The highest BCUT2D eigenvalue weighted by Crippen LogP contribution is 2.81. The summed E-state index contributed by atoms with van der Waals surface area (Å²) in [7, 11) is -6.57. The molecule has 0 amide bonds. The minimum atomic E-state index is -3.28. The Hall–Kier alpha value is -3.58. The Morgan fingerprint density at radius 2 is 0.912 bits per heavy atom. The van der Waals surface area contributed by atoms with Crippen LogP contribution in [-0.4, -0.2) is 9.97 Å². The molecule has 2 atom stereocenters. The van der Waals surface area contributed by atoms with E-state index in [0.717, 1.165) is 21.7 Å². The molecule has 0 radical (unpaired) electrons. The Labute approximate surface area is 198 Å². The SMILES string of the molecule is O=P1(c2ccccc2)C(c2cccnc2)=CC2=C1C=C(c1cccnc1)P2(=O)c1ccccc1. The first-order chi connectivity index (χ1) is 16.6. The van der Waals surface area contributed by atoms with Gasteiger partial charge in [0.2, 0.25) is 0 Å². The van der Waals surface area contributed by atoms with Crippen LogP contribution in [0.3, 0.4) is 0 Å². The fourth-order valence-electron chi connectivity index (χ4n) is 4.74. The van der Waals surface area contributed by atoms with Crippen molar-refractivity contribution in [1.82, 2.24) is 9.97 Å². The molecular formula is C28H20N2O2P2. The van der Waals surface area contributed by atoms with Gasteiger partial charge in [0.25, 0.3) is 0 Å². The molecule has 0 saturated carbocycles. The normalized spacial score (nSPS) is 23.4. The second-order valence-electron chi connectivity index (χ2n) is 8.20. The van der Waals surface area contributed by atoms with Crippen LogP contribution >= 0.6 is 14.3 Å². The first-order valence-corrected chi connectivity index (χ1v) is 14.4. The summed E-state index contributed by atoms with van der Waals surface area (Å²) in [4.78, 5) is 8.53. The van der Waals surface area contributed by atoms with Crippen molar-refractivity contribution in [3.63, 3.8) is 0 Å². The van der Waals surface area contributed by atoms with Crippen molar-refractivity contribution in [1.29, 1.82) is 0 Å². The minimum absolute atomic E-state index is 0.642. The van der Waals surface area contributed by atoms with Crippen LogP contribution in [0.25, 0.3) is 10.6 Å². The number of nitrogens with zero attached hydrogens (tertiary/aromatic N) is 2.